The minimum Gasteiger partial charge on any atom is -0.870 e. The van der Waals surface area contributed by atoms with Crippen molar-refractivity contribution in [3.8, 4) is 57.1 Å². The van der Waals surface area contributed by atoms with Crippen molar-refractivity contribution in [2.45, 2.75) is 47.0 Å². The summed E-state index contributed by atoms with van der Waals surface area (Å²) in [6.45, 7) is 8.37. The van der Waals surface area contributed by atoms with E-state index >= 15 is 0 Å². The zero-order valence-electron chi connectivity index (χ0n) is 45.6. The second-order valence-corrected chi connectivity index (χ2v) is 18.8. The van der Waals surface area contributed by atoms with Crippen LogP contribution in [0.2, 0.25) is 0 Å². The molecule has 0 fully saturated rings. The van der Waals surface area contributed by atoms with Gasteiger partial charge in [0.05, 0.1) is 67.0 Å². The Hall–Kier alpha value is -9.46. The fourth-order valence-electron chi connectivity index (χ4n) is 9.88. The van der Waals surface area contributed by atoms with Crippen molar-refractivity contribution >= 4 is 33.8 Å². The van der Waals surface area contributed by atoms with E-state index in [9.17, 15) is 14.7 Å². The number of carbonyl (C=O) groups excluding carboxylic acids is 1. The van der Waals surface area contributed by atoms with E-state index in [4.69, 9.17) is 9.47 Å². The van der Waals surface area contributed by atoms with E-state index in [0.29, 0.717) is 79.7 Å². The minimum absolute atomic E-state index is 0. The van der Waals surface area contributed by atoms with Crippen molar-refractivity contribution in [2.24, 2.45) is 0 Å². The first-order valence-corrected chi connectivity index (χ1v) is 26.2. The van der Waals surface area contributed by atoms with Gasteiger partial charge in [0.2, 0.25) is 0 Å². The number of carbonyl (C=O) groups is 2. The van der Waals surface area contributed by atoms with Crippen LogP contribution >= 0.6 is 0 Å². The Morgan fingerprint density at radius 2 is 0.829 bits per heavy atom. The summed E-state index contributed by atoms with van der Waals surface area (Å²) in [5.41, 5.74) is 13.8. The third kappa shape index (κ3) is 12.3. The predicted octanol–water partition coefficient (Wildman–Crippen LogP) is 8.43. The summed E-state index contributed by atoms with van der Waals surface area (Å²) in [5.74, 6) is 0.398. The van der Waals surface area contributed by atoms with Gasteiger partial charge >= 0.3 is 35.5 Å². The molecule has 2 N–H and O–H groups in total. The Balaban J connectivity index is 0.000000193. The van der Waals surface area contributed by atoms with Gasteiger partial charge in [0.15, 0.2) is 17.4 Å². The molecule has 0 unspecified atom stereocenters. The molecule has 0 aliphatic carbocycles. The molecule has 0 amide bonds. The number of carboxylic acids is 1. The molecule has 0 radical (unpaired) electrons. The van der Waals surface area contributed by atoms with Gasteiger partial charge < -0.3 is 20.1 Å². The zero-order chi connectivity index (χ0) is 55.0. The number of hydrogen-bond donors (Lipinski definition) is 1. The van der Waals surface area contributed by atoms with E-state index in [1.165, 1.54) is 0 Å². The number of benzene rings is 8. The summed E-state index contributed by atoms with van der Waals surface area (Å²) in [7, 11) is 0. The number of hydrogen-bond acceptors (Lipinski definition) is 13. The molecule has 0 saturated carbocycles. The number of imidazole rings is 2. The van der Waals surface area contributed by atoms with E-state index in [1.807, 2.05) is 135 Å². The fourth-order valence-corrected chi connectivity index (χ4v) is 9.88. The van der Waals surface area contributed by atoms with Crippen LogP contribution in [0.1, 0.15) is 63.7 Å². The molecule has 19 heteroatoms. The Kier molecular flexibility index (Phi) is 18.3. The van der Waals surface area contributed by atoms with Gasteiger partial charge in [-0.2, -0.15) is 9.97 Å². The van der Waals surface area contributed by atoms with Gasteiger partial charge in [0, 0.05) is 16.7 Å². The van der Waals surface area contributed by atoms with Crippen LogP contribution in [0.25, 0.3) is 67.1 Å². The van der Waals surface area contributed by atoms with E-state index in [2.05, 4.69) is 114 Å². The first-order valence-electron chi connectivity index (χ1n) is 26.2. The van der Waals surface area contributed by atoms with Gasteiger partial charge in [-0.05, 0) is 110 Å². The Bertz CT molecular complexity index is 3860. The number of aromatic carboxylic acids is 1. The van der Waals surface area contributed by atoms with Crippen molar-refractivity contribution in [1.29, 1.82) is 0 Å². The monoisotopic (exact) mass is 1100 g/mol. The summed E-state index contributed by atoms with van der Waals surface area (Å²) in [6.07, 6.45) is 0. The molecule has 0 bridgehead atoms. The second-order valence-electron chi connectivity index (χ2n) is 18.8. The molecule has 0 spiro atoms. The summed E-state index contributed by atoms with van der Waals surface area (Å²) in [6, 6.07) is 64.6. The molecule has 404 valence electrons. The van der Waals surface area contributed by atoms with Crippen molar-refractivity contribution < 1.29 is 59.2 Å². The first-order chi connectivity index (χ1) is 39.2. The van der Waals surface area contributed by atoms with Gasteiger partial charge in [-0.25, -0.2) is 14.2 Å². The van der Waals surface area contributed by atoms with Gasteiger partial charge in [-0.3, -0.25) is 13.9 Å². The van der Waals surface area contributed by atoms with Gasteiger partial charge in [-0.15, -0.1) is 10.2 Å². The molecule has 0 saturated heterocycles. The van der Waals surface area contributed by atoms with E-state index in [0.717, 1.165) is 66.7 Å². The average molecular weight is 1100 g/mol. The Labute approximate surface area is 494 Å². The van der Waals surface area contributed by atoms with Crippen LogP contribution < -0.4 is 39.0 Å². The number of ketones is 1. The number of aromatic nitrogens is 12. The van der Waals surface area contributed by atoms with Crippen molar-refractivity contribution in [1.82, 2.24) is 59.5 Å². The number of rotatable bonds is 18. The summed E-state index contributed by atoms with van der Waals surface area (Å²) >= 11 is 0. The van der Waals surface area contributed by atoms with Crippen LogP contribution in [0.4, 0.5) is 0 Å². The number of fused-ring (bicyclic) bond motifs is 2. The average Bonchev–Trinajstić information content (AvgIpc) is 4.36. The van der Waals surface area contributed by atoms with Crippen LogP contribution in [0.3, 0.4) is 0 Å². The molecule has 82 heavy (non-hydrogen) atoms. The van der Waals surface area contributed by atoms with Gasteiger partial charge in [0.25, 0.3) is 12.0 Å². The molecule has 18 nitrogen and oxygen atoms in total. The molecule has 0 aliphatic heterocycles. The molecule has 12 aromatic rings. The van der Waals surface area contributed by atoms with Crippen LogP contribution in [0.15, 0.2) is 194 Å². The SMILES string of the molecule is CCOc1nc2cccc(C(=O)O)c2n1Cc1ccc(-c2ccccc2-c2nnnn2Cc2ccccc2)cc1.CCOc1nc2cccc(C(C)=O)c2n1Cc1ccc(-c2ccccc2-c2nnnn2Cc2ccccc2)cc1.[Na+].[OH-]. The van der Waals surface area contributed by atoms with Crippen molar-refractivity contribution in [3.63, 3.8) is 0 Å². The predicted molar refractivity (Wildman–Crippen MR) is 307 cm³/mol. The molecular formula is C63H55N12NaO6. The summed E-state index contributed by atoms with van der Waals surface area (Å²) < 4.78 is 19.1. The van der Waals surface area contributed by atoms with Gasteiger partial charge in [-0.1, -0.05) is 170 Å². The third-order valence-corrected chi connectivity index (χ3v) is 13.6. The Morgan fingerprint density at radius 1 is 0.451 bits per heavy atom. The normalized spacial score (nSPS) is 10.9. The number of para-hydroxylation sites is 2. The topological polar surface area (TPSA) is 226 Å². The zero-order valence-corrected chi connectivity index (χ0v) is 47.6. The maximum atomic E-state index is 12.4. The van der Waals surface area contributed by atoms with Crippen molar-refractivity contribution in [3.05, 3.63) is 228 Å². The number of Topliss-reactive ketones (excluding diaryl/α,β-unsaturated/α-hetero) is 1. The molecule has 8 aromatic carbocycles. The van der Waals surface area contributed by atoms with E-state index in [1.54, 1.807) is 25.1 Å². The Morgan fingerprint density at radius 3 is 1.23 bits per heavy atom. The largest absolute Gasteiger partial charge is 1.00 e. The second kappa shape index (κ2) is 26.2. The van der Waals surface area contributed by atoms with Crippen LogP contribution in [-0.4, -0.2) is 95.1 Å². The van der Waals surface area contributed by atoms with Crippen LogP contribution in [0, 0.1) is 0 Å². The first kappa shape index (κ1) is 57.2. The molecule has 12 rings (SSSR count). The maximum Gasteiger partial charge on any atom is 1.00 e. The number of ether oxygens (including phenoxy) is 2. The minimum atomic E-state index is -1.00. The smallest absolute Gasteiger partial charge is 0.870 e. The molecule has 0 atom stereocenters. The number of nitrogens with zero attached hydrogens (tertiary/aromatic N) is 12. The molecule has 4 heterocycles. The number of tetrazole rings is 2. The molecule has 0 aliphatic rings. The maximum absolute atomic E-state index is 12.4. The molecule has 4 aromatic heterocycles. The molecular weight excluding hydrogens is 1040 g/mol. The van der Waals surface area contributed by atoms with Gasteiger partial charge in [0.1, 0.15) is 0 Å². The summed E-state index contributed by atoms with van der Waals surface area (Å²) in [5, 5.41) is 34.9. The standard InChI is InChI=1S/C32H28N6O2.C31H26N6O3.Na.H2O/c1-3-40-32-33-29-15-9-14-26(22(2)39)30(29)37(32)20-24-16-18-25(19-17-24)27-12-7-8-13-28(27)31-34-35-36-38(31)21-23-10-5-4-6-11-23;1-2-40-31-32-27-14-8-13-26(30(38)39)28(27)36(31)19-22-15-17-23(18-16-22)24-11-6-7-12-25(24)29-33-34-35-37(29)20-21-9-4-3-5-10-21;;/h4-19H,3,20-21H2,1-2H3;3-18H,2,19-20H2,1H3,(H,38,39);;1H2/q;;+1;/p-1. The van der Waals surface area contributed by atoms with E-state index in [-0.39, 0.29) is 46.4 Å². The van der Waals surface area contributed by atoms with Crippen LogP contribution in [-0.2, 0) is 26.2 Å². The van der Waals surface area contributed by atoms with Crippen LogP contribution in [0.5, 0.6) is 12.0 Å². The fraction of sp³-hybridized carbons (Fsp3) is 0.143. The third-order valence-electron chi connectivity index (χ3n) is 13.6. The quantitative estimate of drug-likeness (QED) is 0.0629. The number of carboxylic acid groups (broad SMARTS) is 1. The van der Waals surface area contributed by atoms with Crippen molar-refractivity contribution in [2.75, 3.05) is 13.2 Å². The summed E-state index contributed by atoms with van der Waals surface area (Å²) in [4.78, 5) is 33.5. The van der Waals surface area contributed by atoms with E-state index < -0.39 is 5.97 Å².